The summed E-state index contributed by atoms with van der Waals surface area (Å²) in [6, 6.07) is 107. The Morgan fingerprint density at radius 2 is 0.712 bits per heavy atom. The SMILES string of the molecule is CCc1nc2c(-c3nc4ccccc4c4nc5ccccc5n34)ccc3c2n1-c1ccccc1P3(=O)c1ccccc1.CCc1nc2c(/C=C/c3ccccc3)ccc3c2n1-c1ccccc1P3(=O)c1ccccc1.[2H]c1c([2H])c([2H])c(-c2ccc(-c3ccc(-c4ccc5c6c4nc(CC)n6-c4ccccc4P5(=O)c4ccccc4)cc3)cc2)c([2H])c1[2H]. The average molecular weight is 1590 g/mol. The number of aryl methyl sites for hydroxylation is 3. The number of rotatable bonds is 12. The topological polar surface area (TPSA) is 135 Å². The molecule has 12 nitrogen and oxygen atoms in total. The number of hydrogen-bond donors (Lipinski definition) is 0. The van der Waals surface area contributed by atoms with Gasteiger partial charge >= 0.3 is 0 Å². The smallest absolute Gasteiger partial charge is 0.175 e. The number of fused-ring (bicyclic) bond motifs is 11. The standard InChI is InChI=1S/C39H29N2OP.C35H24N5OP.C29H23N2OP/c1-2-37-40-38-33(31-23-21-30(22-24-31)29-19-17-28(18-20-29)27-11-5-3-6-12-27)25-26-36-39(38)41(37)34-15-9-10-16-35(34)43(36,42)32-13-7-4-8-14-32;1-2-31-38-32-24(35-36-25-15-7-6-14-23(25)34-37-26-16-8-9-17-27(26)40(34)35)20-21-30-33(32)39(31)28-18-10-11-19-29(28)42(30,41)22-12-4-3-5-13-22;1-2-27-30-28-22(18-17-21-11-5-3-6-12-21)19-20-26-29(28)31(27)24-15-9-10-16-25(24)33(26,32)23-13-7-4-8-14-23/h3-26H,2H2,1H3;3-21H,2H2,1H3;3-20H,2H2,1H3/b;;18-17+/i3D,5D,6D,11D,12D;;. The van der Waals surface area contributed by atoms with E-state index in [-0.39, 0.29) is 29.7 Å². The average Bonchev–Trinajstić information content (AvgIpc) is 1.61. The second-order valence-corrected chi connectivity index (χ2v) is 37.7. The van der Waals surface area contributed by atoms with Gasteiger partial charge in [-0.1, -0.05) is 306 Å². The molecule has 0 N–H and O–H groups in total. The van der Waals surface area contributed by atoms with Crippen LogP contribution in [0.4, 0.5) is 0 Å². The molecule has 3 aliphatic heterocycles. The molecule has 3 atom stereocenters. The van der Waals surface area contributed by atoms with Crippen LogP contribution in [0.15, 0.2) is 358 Å². The number of nitrogens with zero attached hydrogens (tertiary/aromatic N) is 9. The van der Waals surface area contributed by atoms with Crippen molar-refractivity contribution in [3.05, 3.63) is 386 Å². The second-order valence-electron chi connectivity index (χ2n) is 29.6. The molecule has 0 amide bonds. The number of hydrogen-bond acceptors (Lipinski definition) is 8. The summed E-state index contributed by atoms with van der Waals surface area (Å²) in [5.74, 6) is 3.60. The summed E-state index contributed by atoms with van der Waals surface area (Å²) in [6.45, 7) is 6.34. The lowest BCUT2D eigenvalue weighted by atomic mass is 9.97. The third kappa shape index (κ3) is 11.3. The Balaban J connectivity index is 0.000000115. The molecule has 0 saturated carbocycles. The van der Waals surface area contributed by atoms with E-state index in [9.17, 15) is 4.57 Å². The van der Waals surface area contributed by atoms with Crippen molar-refractivity contribution in [2.75, 3.05) is 0 Å². The number of para-hydroxylation sites is 6. The molecule has 0 saturated heterocycles. The number of imidazole rings is 4. The maximum Gasteiger partial charge on any atom is 0.175 e. The van der Waals surface area contributed by atoms with Gasteiger partial charge in [0.1, 0.15) is 34.5 Å². The summed E-state index contributed by atoms with van der Waals surface area (Å²) < 4.78 is 95.1. The lowest BCUT2D eigenvalue weighted by Gasteiger charge is -2.29. The van der Waals surface area contributed by atoms with Gasteiger partial charge in [0.15, 0.2) is 21.4 Å². The van der Waals surface area contributed by atoms with E-state index in [0.717, 1.165) is 207 Å². The monoisotopic (exact) mass is 1580 g/mol. The summed E-state index contributed by atoms with van der Waals surface area (Å²) >= 11 is 0. The van der Waals surface area contributed by atoms with Crippen molar-refractivity contribution in [3.63, 3.8) is 0 Å². The zero-order chi connectivity index (χ0) is 83.7. The summed E-state index contributed by atoms with van der Waals surface area (Å²) in [6.07, 6.45) is 6.45. The molecule has 0 fully saturated rings. The second kappa shape index (κ2) is 28.9. The molecule has 0 aliphatic carbocycles. The molecule has 5 aromatic heterocycles. The van der Waals surface area contributed by atoms with Crippen molar-refractivity contribution in [2.24, 2.45) is 0 Å². The molecule has 15 aromatic carbocycles. The van der Waals surface area contributed by atoms with E-state index < -0.39 is 27.5 Å². The maximum atomic E-state index is 15.5. The molecule has 3 aliphatic rings. The fraction of sp³-hybridized carbons (Fsp3) is 0.0583. The first kappa shape index (κ1) is 66.6. The Bertz CT molecular complexity index is 7900. The Labute approximate surface area is 689 Å². The van der Waals surface area contributed by atoms with Gasteiger partial charge in [0.25, 0.3) is 0 Å². The van der Waals surface area contributed by atoms with Crippen LogP contribution in [-0.4, -0.2) is 43.0 Å². The lowest BCUT2D eigenvalue weighted by Crippen LogP contribution is -2.33. The van der Waals surface area contributed by atoms with Crippen LogP contribution in [0.25, 0.3) is 135 Å². The van der Waals surface area contributed by atoms with E-state index in [1.54, 1.807) is 12.1 Å². The van der Waals surface area contributed by atoms with Gasteiger partial charge in [-0.25, -0.2) is 24.9 Å². The van der Waals surface area contributed by atoms with Crippen molar-refractivity contribution >= 4 is 142 Å². The normalized spacial score (nSPS) is 16.6. The van der Waals surface area contributed by atoms with Gasteiger partial charge in [0.05, 0.1) is 68.0 Å². The highest BCUT2D eigenvalue weighted by atomic mass is 31.2. The first-order valence-electron chi connectivity index (χ1n) is 42.2. The third-order valence-corrected chi connectivity index (χ3v) is 32.5. The van der Waals surface area contributed by atoms with Crippen LogP contribution in [0.5, 0.6) is 0 Å². The summed E-state index contributed by atoms with van der Waals surface area (Å²) in [5.41, 5.74) is 19.4. The first-order chi connectivity index (χ1) is 60.1. The van der Waals surface area contributed by atoms with E-state index in [1.165, 1.54) is 0 Å². The van der Waals surface area contributed by atoms with Crippen LogP contribution in [-0.2, 0) is 33.0 Å². The Hall–Kier alpha value is -13.7. The van der Waals surface area contributed by atoms with Gasteiger partial charge in [-0.15, -0.1) is 0 Å². The molecular weight excluding hydrogens is 1500 g/mol. The highest BCUT2D eigenvalue weighted by Crippen LogP contribution is 2.54. The van der Waals surface area contributed by atoms with E-state index in [2.05, 4.69) is 112 Å². The van der Waals surface area contributed by atoms with Crippen LogP contribution in [0, 0.1) is 0 Å². The molecular formula is C103H76N9O3P3. The molecule has 118 heavy (non-hydrogen) atoms. The van der Waals surface area contributed by atoms with Crippen molar-refractivity contribution in [2.45, 2.75) is 40.0 Å². The van der Waals surface area contributed by atoms with Gasteiger partial charge in [0, 0.05) is 89.1 Å². The van der Waals surface area contributed by atoms with Crippen LogP contribution in [0.1, 0.15) is 56.2 Å². The van der Waals surface area contributed by atoms with Crippen LogP contribution in [0.2, 0.25) is 0 Å². The van der Waals surface area contributed by atoms with Gasteiger partial charge < -0.3 is 13.7 Å². The molecule has 0 spiro atoms. The fourth-order valence-corrected chi connectivity index (χ4v) is 26.7. The molecule has 3 unspecified atom stereocenters. The molecule has 23 rings (SSSR count). The predicted octanol–water partition coefficient (Wildman–Crippen LogP) is 20.8. The molecule has 0 bridgehead atoms. The van der Waals surface area contributed by atoms with Crippen molar-refractivity contribution in [3.8, 4) is 61.8 Å². The van der Waals surface area contributed by atoms with E-state index >= 15 is 9.13 Å². The molecule has 20 aromatic rings. The van der Waals surface area contributed by atoms with Crippen molar-refractivity contribution in [1.29, 1.82) is 0 Å². The quantitative estimate of drug-likeness (QED) is 0.0872. The van der Waals surface area contributed by atoms with Crippen LogP contribution >= 0.6 is 21.4 Å². The first-order valence-corrected chi connectivity index (χ1v) is 44.8. The Morgan fingerprint density at radius 3 is 1.21 bits per heavy atom. The highest BCUT2D eigenvalue weighted by molar-refractivity contribution is 7.87. The lowest BCUT2D eigenvalue weighted by molar-refractivity contribution is 0.591. The Morgan fingerprint density at radius 1 is 0.322 bits per heavy atom. The van der Waals surface area contributed by atoms with Crippen LogP contribution < -0.4 is 47.7 Å². The maximum absolute atomic E-state index is 15.5. The summed E-state index contributed by atoms with van der Waals surface area (Å²) in [5, 5.41) is 8.51. The molecule has 566 valence electrons. The van der Waals surface area contributed by atoms with E-state index in [4.69, 9.17) is 31.8 Å². The minimum absolute atomic E-state index is 0.189. The largest absolute Gasteiger partial charge is 0.308 e. The molecule has 8 heterocycles. The van der Waals surface area contributed by atoms with Gasteiger partial charge in [-0.05, 0) is 118 Å². The minimum atomic E-state index is -3.19. The van der Waals surface area contributed by atoms with E-state index in [0.29, 0.717) is 5.56 Å². The van der Waals surface area contributed by atoms with Crippen molar-refractivity contribution in [1.82, 2.24) is 43.0 Å². The minimum Gasteiger partial charge on any atom is -0.308 e. The summed E-state index contributed by atoms with van der Waals surface area (Å²) in [4.78, 5) is 25.7. The van der Waals surface area contributed by atoms with Crippen LogP contribution in [0.3, 0.4) is 0 Å². The fourth-order valence-electron chi connectivity index (χ4n) is 17.7. The predicted molar refractivity (Wildman–Crippen MR) is 489 cm³/mol. The zero-order valence-electron chi connectivity index (χ0n) is 69.5. The van der Waals surface area contributed by atoms with Gasteiger partial charge in [-0.2, -0.15) is 0 Å². The Kier molecular flexibility index (Phi) is 16.3. The molecule has 15 heteroatoms. The van der Waals surface area contributed by atoms with Crippen molar-refractivity contribution < 1.29 is 20.5 Å². The third-order valence-electron chi connectivity index (χ3n) is 23.1. The number of benzene rings is 15. The van der Waals surface area contributed by atoms with Gasteiger partial charge in [0.2, 0.25) is 0 Å². The van der Waals surface area contributed by atoms with Gasteiger partial charge in [-0.3, -0.25) is 18.1 Å². The highest BCUT2D eigenvalue weighted by Gasteiger charge is 2.44. The van der Waals surface area contributed by atoms with E-state index in [1.807, 2.05) is 255 Å². The zero-order valence-corrected chi connectivity index (χ0v) is 67.2. The number of aromatic nitrogens is 9. The summed E-state index contributed by atoms with van der Waals surface area (Å²) in [7, 11) is -9.41. The molecule has 0 radical (unpaired) electrons.